The Morgan fingerprint density at radius 3 is 2.09 bits per heavy atom. The number of aromatic hydroxyl groups is 1. The number of rotatable bonds is 24. The third-order valence-corrected chi connectivity index (χ3v) is 16.5. The minimum absolute atomic E-state index is 0.0622. The van der Waals surface area contributed by atoms with Gasteiger partial charge in [0.1, 0.15) is 42.2 Å². The first-order valence-corrected chi connectivity index (χ1v) is 30.6. The molecule has 9 amide bonds. The number of nitrogens with one attached hydrogen (secondary N) is 10. The smallest absolute Gasteiger partial charge is 0.305 e. The van der Waals surface area contributed by atoms with Crippen molar-refractivity contribution < 1.29 is 68.4 Å². The molecule has 3 heterocycles. The van der Waals surface area contributed by atoms with E-state index in [-0.39, 0.29) is 105 Å². The number of benzene rings is 2. The highest BCUT2D eigenvalue weighted by atomic mass is 35.5. The van der Waals surface area contributed by atoms with Gasteiger partial charge in [0.05, 0.1) is 42.5 Å². The maximum Gasteiger partial charge on any atom is 0.305 e. The minimum atomic E-state index is -1.76. The second-order valence-electron chi connectivity index (χ2n) is 21.4. The molecule has 2 aliphatic rings. The topological polar surface area (TPSA) is 395 Å². The molecule has 2 fully saturated rings. The van der Waals surface area contributed by atoms with Crippen LogP contribution >= 0.6 is 33.2 Å². The van der Waals surface area contributed by atoms with Crippen LogP contribution in [0.15, 0.2) is 61.1 Å². The van der Waals surface area contributed by atoms with E-state index in [1.54, 1.807) is 42.2 Å². The average molecular weight is 1240 g/mol. The molecule has 10 atom stereocenters. The summed E-state index contributed by atoms with van der Waals surface area (Å²) in [5.41, 5.74) is 1.44. The summed E-state index contributed by atoms with van der Waals surface area (Å²) >= 11 is 6.22. The first-order chi connectivity index (χ1) is 40.3. The van der Waals surface area contributed by atoms with Crippen molar-refractivity contribution in [3.63, 3.8) is 0 Å². The molecule has 1 unspecified atom stereocenters. The number of aromatic amines is 1. The average Bonchev–Trinajstić information content (AvgIpc) is 3.80. The normalized spacial score (nSPS) is 22.2. The SMILES string of the molecule is CC(=O)NCCN(CCNC(C)=O)CC(=O)N[C@@H](Cc1ccccc1)[C@H](O)N[C@@H](Cc1cnc[nH]1)C(=O)N[C@H]1CSSC[C@@H](C)NC(=O)[C@H](CC(C)C)NC(=O)[C@H](CC(=O)O)NC(=O)[C@H](Cc2ccc(O)c(Cl)c2)NC(=O)[C@@H]2CC(O)CN2C1=O. The number of hydrogen-bond donors (Lipinski definition) is 14. The number of hydrogen-bond acceptors (Lipinski definition) is 18. The number of amides is 9. The Kier molecular flexibility index (Phi) is 27.7. The molecule has 14 N–H and O–H groups in total. The van der Waals surface area contributed by atoms with Gasteiger partial charge in [-0.05, 0) is 48.9 Å². The summed E-state index contributed by atoms with van der Waals surface area (Å²) in [6.07, 6.45) is -1.67. The fourth-order valence-electron chi connectivity index (χ4n) is 9.41. The molecule has 0 bridgehead atoms. The molecule has 1 aromatic heterocycles. The van der Waals surface area contributed by atoms with Crippen LogP contribution in [-0.2, 0) is 67.2 Å². The molecule has 0 radical (unpaired) electrons. The molecule has 2 saturated heterocycles. The molecule has 5 rings (SSSR count). The zero-order valence-corrected chi connectivity index (χ0v) is 50.3. The van der Waals surface area contributed by atoms with E-state index in [9.17, 15) is 63.6 Å². The summed E-state index contributed by atoms with van der Waals surface area (Å²) in [5.74, 6) is -8.19. The number of aliphatic hydroxyl groups is 2. The van der Waals surface area contributed by atoms with Gasteiger partial charge < -0.3 is 72.8 Å². The predicted octanol–water partition coefficient (Wildman–Crippen LogP) is -1.55. The van der Waals surface area contributed by atoms with Crippen LogP contribution in [0.5, 0.6) is 5.75 Å². The first-order valence-electron chi connectivity index (χ1n) is 27.7. The molecule has 3 aromatic rings. The maximum absolute atomic E-state index is 15.1. The second kappa shape index (κ2) is 34.2. The Labute approximate surface area is 505 Å². The van der Waals surface area contributed by atoms with E-state index >= 15 is 4.79 Å². The Balaban J connectivity index is 1.49. The fraction of sp³-hybridized carbons (Fsp3) is 0.545. The second-order valence-corrected chi connectivity index (χ2v) is 24.3. The number of aliphatic hydroxyl groups excluding tert-OH is 2. The van der Waals surface area contributed by atoms with Gasteiger partial charge in [-0.3, -0.25) is 58.2 Å². The summed E-state index contributed by atoms with van der Waals surface area (Å²) in [4.78, 5) is 146. The molecule has 0 spiro atoms. The number of aromatic nitrogens is 2. The van der Waals surface area contributed by atoms with E-state index in [1.165, 1.54) is 55.4 Å². The van der Waals surface area contributed by atoms with Crippen LogP contribution in [0.4, 0.5) is 0 Å². The number of imidazole rings is 1. The zero-order valence-electron chi connectivity index (χ0n) is 47.9. The Hall–Kier alpha value is -7.02. The lowest BCUT2D eigenvalue weighted by Gasteiger charge is -2.32. The Bertz CT molecular complexity index is 2750. The number of halogens is 1. The zero-order chi connectivity index (χ0) is 62.3. The van der Waals surface area contributed by atoms with E-state index in [0.717, 1.165) is 15.7 Å². The molecule has 2 aliphatic heterocycles. The molecule has 0 aliphatic carbocycles. The molecule has 85 heavy (non-hydrogen) atoms. The highest BCUT2D eigenvalue weighted by molar-refractivity contribution is 8.76. The van der Waals surface area contributed by atoms with Crippen LogP contribution in [0.3, 0.4) is 0 Å². The number of fused-ring (bicyclic) bond motifs is 1. The number of nitrogens with zero attached hydrogens (tertiary/aromatic N) is 3. The van der Waals surface area contributed by atoms with Crippen molar-refractivity contribution in [3.8, 4) is 5.75 Å². The summed E-state index contributed by atoms with van der Waals surface area (Å²) in [7, 11) is 2.36. The molecule has 2 aromatic carbocycles. The molecular weight excluding hydrogens is 1170 g/mol. The van der Waals surface area contributed by atoms with Crippen LogP contribution < -0.4 is 47.9 Å². The van der Waals surface area contributed by atoms with Crippen LogP contribution in [-0.4, -0.2) is 211 Å². The summed E-state index contributed by atoms with van der Waals surface area (Å²) in [5, 5.41) is 67.7. The van der Waals surface area contributed by atoms with Gasteiger partial charge in [0.15, 0.2) is 0 Å². The van der Waals surface area contributed by atoms with Crippen LogP contribution in [0.2, 0.25) is 5.02 Å². The Morgan fingerprint density at radius 1 is 0.835 bits per heavy atom. The lowest BCUT2D eigenvalue weighted by molar-refractivity contribution is -0.142. The number of carbonyl (C=O) groups excluding carboxylic acids is 9. The van der Waals surface area contributed by atoms with Gasteiger partial charge in [-0.1, -0.05) is 83.4 Å². The largest absolute Gasteiger partial charge is 0.506 e. The third-order valence-electron chi connectivity index (χ3n) is 13.6. The number of carboxylic acid groups (broad SMARTS) is 1. The number of aliphatic carboxylic acids is 1. The first kappa shape index (κ1) is 68.8. The Morgan fingerprint density at radius 2 is 1.47 bits per heavy atom. The third kappa shape index (κ3) is 23.4. The van der Waals surface area contributed by atoms with E-state index in [4.69, 9.17) is 11.6 Å². The highest BCUT2D eigenvalue weighted by Gasteiger charge is 2.44. The highest BCUT2D eigenvalue weighted by Crippen LogP contribution is 2.27. The monoisotopic (exact) mass is 1240 g/mol. The van der Waals surface area contributed by atoms with Crippen molar-refractivity contribution in [2.45, 2.75) is 134 Å². The number of phenolic OH excluding ortho intramolecular Hbond substituents is 1. The quantitative estimate of drug-likeness (QED) is 0.0357. The minimum Gasteiger partial charge on any atom is -0.506 e. The number of carboxylic acids is 1. The van der Waals surface area contributed by atoms with E-state index in [0.29, 0.717) is 16.8 Å². The van der Waals surface area contributed by atoms with Gasteiger partial charge in [-0.2, -0.15) is 0 Å². The number of carbonyl (C=O) groups is 10. The maximum atomic E-state index is 15.1. The lowest BCUT2D eigenvalue weighted by atomic mass is 10.0. The van der Waals surface area contributed by atoms with Crippen molar-refractivity contribution >= 4 is 92.3 Å². The van der Waals surface area contributed by atoms with Gasteiger partial charge in [-0.15, -0.1) is 0 Å². The van der Waals surface area contributed by atoms with E-state index in [2.05, 4.69) is 57.8 Å². The number of H-pyrrole nitrogens is 1. The van der Waals surface area contributed by atoms with E-state index in [1.807, 2.05) is 13.8 Å². The lowest BCUT2D eigenvalue weighted by Crippen LogP contribution is -2.61. The van der Waals surface area contributed by atoms with Crippen LogP contribution in [0.25, 0.3) is 0 Å². The van der Waals surface area contributed by atoms with Crippen molar-refractivity contribution in [2.24, 2.45) is 5.92 Å². The predicted molar refractivity (Wildman–Crippen MR) is 316 cm³/mol. The standard InChI is InChI=1S/C55H78ClN13O14S2/c1-30(2)17-39-49(77)61-31(3)27-84-85-28-44(55(83)69-25-37(72)22-45(69)54(82)66-41(20-35-11-12-46(73)38(56)18-35)51(79)65-43(23-48(75)76)53(81)63-39)67-52(80)42(21-36-24-57-29-60-36)64-50(78)40(19-34-9-7-6-8-10-34)62-47(74)26-68(15-13-58-32(4)70)16-14-59-33(5)71/h6-12,18,24,29-31,37,39-45,50,64,72-73,78H,13-17,19-23,25-28H2,1-5H3,(H,57,60)(H,58,70)(H,59,71)(H,61,77)(H,62,74)(H,63,81)(H,65,79)(H,66,82)(H,67,80)(H,75,76)/t31-,37?,39+,40+,41+,42+,43+,44+,45+,50+/m1/s1. The van der Waals surface area contributed by atoms with Crippen molar-refractivity contribution in [1.29, 1.82) is 0 Å². The molecular formula is C55H78ClN13O14S2. The molecule has 0 saturated carbocycles. The van der Waals surface area contributed by atoms with E-state index < -0.39 is 121 Å². The van der Waals surface area contributed by atoms with Gasteiger partial charge in [0.25, 0.3) is 0 Å². The molecule has 30 heteroatoms. The van der Waals surface area contributed by atoms with Crippen LogP contribution in [0.1, 0.15) is 70.7 Å². The van der Waals surface area contributed by atoms with Crippen molar-refractivity contribution in [2.75, 3.05) is 50.8 Å². The summed E-state index contributed by atoms with van der Waals surface area (Å²) < 4.78 is 0. The summed E-state index contributed by atoms with van der Waals surface area (Å²) in [6, 6.07) is 2.39. The van der Waals surface area contributed by atoms with Gasteiger partial charge in [0, 0.05) is 95.3 Å². The summed E-state index contributed by atoms with van der Waals surface area (Å²) in [6.45, 7) is 8.29. The van der Waals surface area contributed by atoms with Gasteiger partial charge >= 0.3 is 5.97 Å². The fourth-order valence-corrected chi connectivity index (χ4v) is 12.1. The van der Waals surface area contributed by atoms with Gasteiger partial charge in [-0.25, -0.2) is 4.98 Å². The van der Waals surface area contributed by atoms with Crippen molar-refractivity contribution in [3.05, 3.63) is 82.9 Å². The van der Waals surface area contributed by atoms with Crippen molar-refractivity contribution in [1.82, 2.24) is 67.6 Å². The van der Waals surface area contributed by atoms with Crippen LogP contribution in [0, 0.1) is 5.92 Å². The molecule has 466 valence electrons. The molecule has 27 nitrogen and oxygen atoms in total. The number of phenols is 1. The van der Waals surface area contributed by atoms with Gasteiger partial charge in [0.2, 0.25) is 53.2 Å².